The molecule has 29 heavy (non-hydrogen) atoms. The van der Waals surface area contributed by atoms with Crippen LogP contribution in [0, 0.1) is 6.07 Å². The van der Waals surface area contributed by atoms with Crippen LogP contribution in [-0.4, -0.2) is 43.4 Å². The molecule has 1 radical (unpaired) electrons. The fraction of sp³-hybridized carbons (Fsp3) is 0.435. The van der Waals surface area contributed by atoms with Gasteiger partial charge in [0.25, 0.3) is 0 Å². The van der Waals surface area contributed by atoms with Gasteiger partial charge in [0.1, 0.15) is 0 Å². The zero-order chi connectivity index (χ0) is 20.1. The molecule has 0 unspecified atom stereocenters. The van der Waals surface area contributed by atoms with Crippen molar-refractivity contribution in [2.24, 2.45) is 0 Å². The molecular weight excluding hydrogens is 388 g/mol. The molecular formula is C23H26ClN2O3. The molecule has 1 fully saturated rings. The van der Waals surface area contributed by atoms with E-state index in [-0.39, 0.29) is 0 Å². The van der Waals surface area contributed by atoms with E-state index in [2.05, 4.69) is 16.1 Å². The molecule has 0 bridgehead atoms. The number of nitrogens with zero attached hydrogens (tertiary/aromatic N) is 2. The van der Waals surface area contributed by atoms with Gasteiger partial charge in [0.2, 0.25) is 0 Å². The Morgan fingerprint density at radius 3 is 2.93 bits per heavy atom. The maximum Gasteiger partial charge on any atom is 0.169 e. The summed E-state index contributed by atoms with van der Waals surface area (Å²) in [7, 11) is 1.65. The quantitative estimate of drug-likeness (QED) is 0.467. The standard InChI is InChI=1S/C23H26ClN2O3/c1-27-20-6-2-3-7-21(20)28-15-5-4-12-26-13-10-17(11-14-26)23-19-9-8-18(24)16-22(19)29-25-23/h2-3,6,8-9,16-17H,4-5,10-15H2,1H3. The first-order chi connectivity index (χ1) is 14.2. The Kier molecular flexibility index (Phi) is 6.57. The molecule has 1 saturated heterocycles. The lowest BCUT2D eigenvalue weighted by molar-refractivity contribution is 0.199. The number of rotatable bonds is 8. The van der Waals surface area contributed by atoms with Crippen molar-refractivity contribution in [1.29, 1.82) is 0 Å². The van der Waals surface area contributed by atoms with Crippen LogP contribution in [0.1, 0.15) is 37.3 Å². The zero-order valence-electron chi connectivity index (χ0n) is 16.7. The minimum Gasteiger partial charge on any atom is -0.493 e. The number of methoxy groups -OCH3 is 1. The molecule has 0 N–H and O–H groups in total. The Hall–Kier alpha value is -2.24. The summed E-state index contributed by atoms with van der Waals surface area (Å²) in [6.45, 7) is 3.96. The molecule has 153 valence electrons. The van der Waals surface area contributed by atoms with Crippen LogP contribution in [0.5, 0.6) is 11.5 Å². The van der Waals surface area contributed by atoms with Crippen molar-refractivity contribution >= 4 is 22.6 Å². The van der Waals surface area contributed by atoms with Gasteiger partial charge in [-0.3, -0.25) is 0 Å². The minimum absolute atomic E-state index is 0.457. The maximum atomic E-state index is 6.04. The van der Waals surface area contributed by atoms with Crippen LogP contribution in [0.3, 0.4) is 0 Å². The van der Waals surface area contributed by atoms with Crippen molar-refractivity contribution in [3.05, 3.63) is 53.2 Å². The second kappa shape index (κ2) is 9.51. The Bertz CT molecular complexity index is 935. The van der Waals surface area contributed by atoms with Crippen molar-refractivity contribution < 1.29 is 14.0 Å². The summed E-state index contributed by atoms with van der Waals surface area (Å²) in [5.74, 6) is 1.88. The smallest absolute Gasteiger partial charge is 0.169 e. The number of halogens is 1. The fourth-order valence-corrected chi connectivity index (χ4v) is 4.11. The molecule has 6 heteroatoms. The molecule has 3 aromatic rings. The van der Waals surface area contributed by atoms with Crippen molar-refractivity contribution in [3.63, 3.8) is 0 Å². The molecule has 1 aliphatic rings. The largest absolute Gasteiger partial charge is 0.493 e. The summed E-state index contributed by atoms with van der Waals surface area (Å²) in [6, 6.07) is 14.5. The van der Waals surface area contributed by atoms with Crippen LogP contribution in [0.2, 0.25) is 5.02 Å². The molecule has 1 aliphatic heterocycles. The summed E-state index contributed by atoms with van der Waals surface area (Å²) >= 11 is 6.04. The SMILES string of the molecule is COc1ccc[c]c1OCCCCN1CCC(c2noc3cc(Cl)ccc23)CC1. The number of likely N-dealkylation sites (tertiary alicyclic amines) is 1. The molecule has 0 saturated carbocycles. The summed E-state index contributed by atoms with van der Waals surface area (Å²) < 4.78 is 16.6. The van der Waals surface area contributed by atoms with Crippen LogP contribution in [0.4, 0.5) is 0 Å². The van der Waals surface area contributed by atoms with Crippen molar-refractivity contribution in [2.45, 2.75) is 31.6 Å². The lowest BCUT2D eigenvalue weighted by Crippen LogP contribution is -2.34. The molecule has 0 atom stereocenters. The monoisotopic (exact) mass is 413 g/mol. The van der Waals surface area contributed by atoms with Gasteiger partial charge in [0, 0.05) is 28.5 Å². The molecule has 0 spiro atoms. The topological polar surface area (TPSA) is 47.7 Å². The third-order valence-corrected chi connectivity index (χ3v) is 5.79. The lowest BCUT2D eigenvalue weighted by atomic mass is 9.91. The van der Waals surface area contributed by atoms with Crippen molar-refractivity contribution in [3.8, 4) is 11.5 Å². The average Bonchev–Trinajstić information content (AvgIpc) is 3.17. The molecule has 5 nitrogen and oxygen atoms in total. The number of para-hydroxylation sites is 1. The fourth-order valence-electron chi connectivity index (χ4n) is 3.95. The first kappa shape index (κ1) is 20.0. The second-order valence-electron chi connectivity index (χ2n) is 7.45. The highest BCUT2D eigenvalue weighted by atomic mass is 35.5. The summed E-state index contributed by atoms with van der Waals surface area (Å²) in [6.07, 6.45) is 4.35. The van der Waals surface area contributed by atoms with E-state index >= 15 is 0 Å². The van der Waals surface area contributed by atoms with E-state index in [4.69, 9.17) is 25.6 Å². The Morgan fingerprint density at radius 1 is 1.24 bits per heavy atom. The lowest BCUT2D eigenvalue weighted by Gasteiger charge is -2.31. The number of unbranched alkanes of at least 4 members (excludes halogenated alkanes) is 1. The van der Waals surface area contributed by atoms with Gasteiger partial charge in [-0.1, -0.05) is 28.9 Å². The van der Waals surface area contributed by atoms with Gasteiger partial charge in [0.15, 0.2) is 17.1 Å². The average molecular weight is 414 g/mol. The van der Waals surface area contributed by atoms with Crippen LogP contribution >= 0.6 is 11.6 Å². The number of aromatic nitrogens is 1. The number of hydrogen-bond donors (Lipinski definition) is 0. The Morgan fingerprint density at radius 2 is 2.10 bits per heavy atom. The van der Waals surface area contributed by atoms with Gasteiger partial charge >= 0.3 is 0 Å². The number of fused-ring (bicyclic) bond motifs is 1. The van der Waals surface area contributed by atoms with Crippen LogP contribution in [0.15, 0.2) is 40.9 Å². The predicted molar refractivity (Wildman–Crippen MR) is 114 cm³/mol. The highest BCUT2D eigenvalue weighted by Crippen LogP contribution is 2.33. The van der Waals surface area contributed by atoms with E-state index in [0.717, 1.165) is 67.7 Å². The molecule has 0 aliphatic carbocycles. The van der Waals surface area contributed by atoms with Crippen molar-refractivity contribution in [1.82, 2.24) is 10.1 Å². The van der Waals surface area contributed by atoms with Crippen LogP contribution in [-0.2, 0) is 0 Å². The third kappa shape index (κ3) is 4.85. The zero-order valence-corrected chi connectivity index (χ0v) is 17.5. The van der Waals surface area contributed by atoms with Gasteiger partial charge in [-0.05, 0) is 63.5 Å². The van der Waals surface area contributed by atoms with E-state index in [1.54, 1.807) is 7.11 Å². The van der Waals surface area contributed by atoms with Gasteiger partial charge in [-0.2, -0.15) is 0 Å². The predicted octanol–water partition coefficient (Wildman–Crippen LogP) is 5.33. The van der Waals surface area contributed by atoms with E-state index in [1.807, 2.05) is 36.4 Å². The first-order valence-electron chi connectivity index (χ1n) is 10.2. The van der Waals surface area contributed by atoms with Gasteiger partial charge in [-0.25, -0.2) is 0 Å². The molecule has 0 amide bonds. The molecule has 2 heterocycles. The number of piperidine rings is 1. The molecule has 4 rings (SSSR count). The van der Waals surface area contributed by atoms with E-state index in [9.17, 15) is 0 Å². The Balaban J connectivity index is 1.19. The van der Waals surface area contributed by atoms with Crippen LogP contribution < -0.4 is 9.47 Å². The number of ether oxygens (including phenoxy) is 2. The van der Waals surface area contributed by atoms with Gasteiger partial charge in [0.05, 0.1) is 19.4 Å². The minimum atomic E-state index is 0.457. The number of hydrogen-bond acceptors (Lipinski definition) is 5. The highest BCUT2D eigenvalue weighted by Gasteiger charge is 2.24. The van der Waals surface area contributed by atoms with E-state index < -0.39 is 0 Å². The van der Waals surface area contributed by atoms with Crippen molar-refractivity contribution in [2.75, 3.05) is 33.4 Å². The maximum absolute atomic E-state index is 6.04. The molecule has 1 aromatic heterocycles. The first-order valence-corrected chi connectivity index (χ1v) is 10.6. The summed E-state index contributed by atoms with van der Waals surface area (Å²) in [4.78, 5) is 2.53. The summed E-state index contributed by atoms with van der Waals surface area (Å²) in [5, 5.41) is 6.11. The highest BCUT2D eigenvalue weighted by molar-refractivity contribution is 6.31. The normalized spacial score (nSPS) is 15.7. The van der Waals surface area contributed by atoms with Gasteiger partial charge < -0.3 is 18.9 Å². The van der Waals surface area contributed by atoms with Gasteiger partial charge in [-0.15, -0.1) is 0 Å². The second-order valence-corrected chi connectivity index (χ2v) is 7.88. The van der Waals surface area contributed by atoms with E-state index in [1.165, 1.54) is 0 Å². The van der Waals surface area contributed by atoms with E-state index in [0.29, 0.717) is 23.3 Å². The number of benzene rings is 2. The van der Waals surface area contributed by atoms with Crippen LogP contribution in [0.25, 0.3) is 11.0 Å². The summed E-state index contributed by atoms with van der Waals surface area (Å²) in [5.41, 5.74) is 1.86. The third-order valence-electron chi connectivity index (χ3n) is 5.55. The Labute approximate surface area is 176 Å². The molecule has 2 aromatic carbocycles.